The fourth-order valence-corrected chi connectivity index (χ4v) is 7.11. The van der Waals surface area contributed by atoms with Crippen molar-refractivity contribution in [3.63, 3.8) is 0 Å². The van der Waals surface area contributed by atoms with Crippen molar-refractivity contribution in [3.05, 3.63) is 59.1 Å². The largest absolute Gasteiger partial charge is 0.329 e. The number of nitrogens with zero attached hydrogens (tertiary/aromatic N) is 3. The lowest BCUT2D eigenvalue weighted by Crippen LogP contribution is -2.38. The molecule has 0 saturated carbocycles. The Morgan fingerprint density at radius 1 is 0.935 bits per heavy atom. The summed E-state index contributed by atoms with van der Waals surface area (Å²) in [6.07, 6.45) is 4.73. The first-order chi connectivity index (χ1) is 15.0. The van der Waals surface area contributed by atoms with E-state index in [0.29, 0.717) is 25.2 Å². The van der Waals surface area contributed by atoms with Gasteiger partial charge in [-0.05, 0) is 68.5 Å². The first-order valence-electron chi connectivity index (χ1n) is 10.8. The van der Waals surface area contributed by atoms with Crippen molar-refractivity contribution >= 4 is 37.5 Å². The van der Waals surface area contributed by atoms with E-state index in [1.807, 2.05) is 23.1 Å². The SMILES string of the molecule is O=C(c1ccc(S(=O)(=O)N2CCCC2)cc1)N1CCCCC1c1nc2ccccc2s1. The van der Waals surface area contributed by atoms with E-state index in [9.17, 15) is 13.2 Å². The maximum Gasteiger partial charge on any atom is 0.254 e. The molecule has 3 aromatic rings. The zero-order valence-corrected chi connectivity index (χ0v) is 18.9. The Morgan fingerprint density at radius 2 is 1.65 bits per heavy atom. The van der Waals surface area contributed by atoms with Crippen molar-refractivity contribution in [2.45, 2.75) is 43.0 Å². The van der Waals surface area contributed by atoms with Crippen molar-refractivity contribution in [1.29, 1.82) is 0 Å². The van der Waals surface area contributed by atoms with E-state index in [1.165, 1.54) is 4.31 Å². The lowest BCUT2D eigenvalue weighted by Gasteiger charge is -2.34. The maximum absolute atomic E-state index is 13.4. The molecule has 3 heterocycles. The fourth-order valence-electron chi connectivity index (χ4n) is 4.48. The minimum atomic E-state index is -3.47. The second kappa shape index (κ2) is 8.33. The third kappa shape index (κ3) is 3.88. The van der Waals surface area contributed by atoms with Crippen LogP contribution in [0.5, 0.6) is 0 Å². The molecular formula is C23H25N3O3S2. The highest BCUT2D eigenvalue weighted by Gasteiger charge is 2.32. The van der Waals surface area contributed by atoms with E-state index in [-0.39, 0.29) is 16.8 Å². The summed E-state index contributed by atoms with van der Waals surface area (Å²) in [4.78, 5) is 20.3. The van der Waals surface area contributed by atoms with Gasteiger partial charge in [-0.2, -0.15) is 4.31 Å². The van der Waals surface area contributed by atoms with Crippen LogP contribution < -0.4 is 0 Å². The van der Waals surface area contributed by atoms with Crippen LogP contribution in [0.2, 0.25) is 0 Å². The Balaban J connectivity index is 1.40. The van der Waals surface area contributed by atoms with E-state index in [1.54, 1.807) is 35.6 Å². The number of sulfonamides is 1. The first kappa shape index (κ1) is 20.6. The van der Waals surface area contributed by atoms with Crippen LogP contribution in [0.25, 0.3) is 10.2 Å². The number of likely N-dealkylation sites (tertiary alicyclic amines) is 1. The van der Waals surface area contributed by atoms with Gasteiger partial charge in [0.05, 0.1) is 21.2 Å². The minimum Gasteiger partial charge on any atom is -0.329 e. The van der Waals surface area contributed by atoms with Gasteiger partial charge >= 0.3 is 0 Å². The summed E-state index contributed by atoms with van der Waals surface area (Å²) in [6, 6.07) is 14.4. The Bertz CT molecular complexity index is 1170. The number of aromatic nitrogens is 1. The van der Waals surface area contributed by atoms with Gasteiger partial charge in [0.2, 0.25) is 10.0 Å². The highest BCUT2D eigenvalue weighted by molar-refractivity contribution is 7.89. The van der Waals surface area contributed by atoms with Gasteiger partial charge in [-0.1, -0.05) is 12.1 Å². The topological polar surface area (TPSA) is 70.6 Å². The second-order valence-corrected chi connectivity index (χ2v) is 11.2. The zero-order valence-electron chi connectivity index (χ0n) is 17.2. The van der Waals surface area contributed by atoms with Crippen LogP contribution in [0.3, 0.4) is 0 Å². The van der Waals surface area contributed by atoms with Gasteiger partial charge in [-0.25, -0.2) is 13.4 Å². The Hall–Kier alpha value is -2.29. The van der Waals surface area contributed by atoms with Crippen molar-refractivity contribution in [1.82, 2.24) is 14.2 Å². The molecule has 31 heavy (non-hydrogen) atoms. The number of hydrogen-bond donors (Lipinski definition) is 0. The maximum atomic E-state index is 13.4. The summed E-state index contributed by atoms with van der Waals surface area (Å²) in [5.74, 6) is -0.0610. The van der Waals surface area contributed by atoms with Crippen molar-refractivity contribution < 1.29 is 13.2 Å². The molecule has 0 aliphatic carbocycles. The molecule has 2 saturated heterocycles. The van der Waals surface area contributed by atoms with Gasteiger partial charge in [0.25, 0.3) is 5.91 Å². The van der Waals surface area contributed by atoms with Crippen LogP contribution in [-0.2, 0) is 10.0 Å². The lowest BCUT2D eigenvalue weighted by molar-refractivity contribution is 0.0611. The molecule has 1 aromatic heterocycles. The molecule has 6 nitrogen and oxygen atoms in total. The smallest absolute Gasteiger partial charge is 0.254 e. The van der Waals surface area contributed by atoms with Crippen LogP contribution in [0.15, 0.2) is 53.4 Å². The average Bonchev–Trinajstić information content (AvgIpc) is 3.49. The summed E-state index contributed by atoms with van der Waals surface area (Å²) >= 11 is 1.65. The molecule has 0 spiro atoms. The van der Waals surface area contributed by atoms with E-state index < -0.39 is 10.0 Å². The second-order valence-electron chi connectivity index (χ2n) is 8.17. The molecule has 162 valence electrons. The standard InChI is InChI=1S/C23H25N3O3S2/c27-23(17-10-12-18(13-11-17)31(28,29)25-14-5-6-15-25)26-16-4-3-8-20(26)22-24-19-7-1-2-9-21(19)30-22/h1-2,7,9-13,20H,3-6,8,14-16H2. The molecule has 0 radical (unpaired) electrons. The molecule has 0 N–H and O–H groups in total. The van der Waals surface area contributed by atoms with Crippen LogP contribution >= 0.6 is 11.3 Å². The predicted molar refractivity (Wildman–Crippen MR) is 122 cm³/mol. The average molecular weight is 456 g/mol. The Kier molecular flexibility index (Phi) is 5.54. The number of thiazole rings is 1. The lowest BCUT2D eigenvalue weighted by atomic mass is 10.0. The normalized spacial score (nSPS) is 20.4. The van der Waals surface area contributed by atoms with Crippen molar-refractivity contribution in [2.24, 2.45) is 0 Å². The molecule has 2 aromatic carbocycles. The summed E-state index contributed by atoms with van der Waals surface area (Å²) in [5, 5.41) is 0.975. The van der Waals surface area contributed by atoms with Crippen LogP contribution in [-0.4, -0.2) is 48.1 Å². The summed E-state index contributed by atoms with van der Waals surface area (Å²) in [5.41, 5.74) is 1.49. The summed E-state index contributed by atoms with van der Waals surface area (Å²) in [6.45, 7) is 1.83. The number of carbonyl (C=O) groups excluding carboxylic acids is 1. The monoisotopic (exact) mass is 455 g/mol. The van der Waals surface area contributed by atoms with Gasteiger partial charge in [0.15, 0.2) is 0 Å². The number of carbonyl (C=O) groups is 1. The van der Waals surface area contributed by atoms with E-state index in [2.05, 4.69) is 6.07 Å². The van der Waals surface area contributed by atoms with Gasteiger partial charge in [0, 0.05) is 25.2 Å². The molecule has 1 unspecified atom stereocenters. The molecule has 0 bridgehead atoms. The number of benzene rings is 2. The quantitative estimate of drug-likeness (QED) is 0.583. The highest BCUT2D eigenvalue weighted by Crippen LogP contribution is 2.36. The zero-order chi connectivity index (χ0) is 21.4. The molecule has 1 amide bonds. The van der Waals surface area contributed by atoms with Gasteiger partial charge in [-0.3, -0.25) is 4.79 Å². The van der Waals surface area contributed by atoms with E-state index in [4.69, 9.17) is 4.98 Å². The third-order valence-corrected chi connectivity index (χ3v) is 9.21. The number of para-hydroxylation sites is 1. The third-order valence-electron chi connectivity index (χ3n) is 6.16. The number of fused-ring (bicyclic) bond motifs is 1. The molecule has 1 atom stereocenters. The highest BCUT2D eigenvalue weighted by atomic mass is 32.2. The van der Waals surface area contributed by atoms with E-state index in [0.717, 1.165) is 47.3 Å². The van der Waals surface area contributed by atoms with Gasteiger partial charge < -0.3 is 4.90 Å². The van der Waals surface area contributed by atoms with Crippen LogP contribution in [0.1, 0.15) is 53.5 Å². The fraction of sp³-hybridized carbons (Fsp3) is 0.391. The Labute approximate surface area is 186 Å². The van der Waals surface area contributed by atoms with Gasteiger partial charge in [-0.15, -0.1) is 11.3 Å². The minimum absolute atomic E-state index is 0.0355. The molecule has 2 aliphatic rings. The molecule has 2 fully saturated rings. The van der Waals surface area contributed by atoms with Crippen LogP contribution in [0, 0.1) is 0 Å². The molecule has 2 aliphatic heterocycles. The van der Waals surface area contributed by atoms with Gasteiger partial charge in [0.1, 0.15) is 5.01 Å². The van der Waals surface area contributed by atoms with Crippen LogP contribution in [0.4, 0.5) is 0 Å². The van der Waals surface area contributed by atoms with Crippen molar-refractivity contribution in [2.75, 3.05) is 19.6 Å². The molecule has 8 heteroatoms. The summed E-state index contributed by atoms with van der Waals surface area (Å²) in [7, 11) is -3.47. The number of hydrogen-bond acceptors (Lipinski definition) is 5. The predicted octanol–water partition coefficient (Wildman–Crippen LogP) is 4.45. The van der Waals surface area contributed by atoms with Crippen molar-refractivity contribution in [3.8, 4) is 0 Å². The number of amides is 1. The first-order valence-corrected chi connectivity index (χ1v) is 13.1. The van der Waals surface area contributed by atoms with E-state index >= 15 is 0 Å². The number of rotatable bonds is 4. The molecular weight excluding hydrogens is 430 g/mol. The summed E-state index contributed by atoms with van der Waals surface area (Å²) < 4.78 is 28.2. The Morgan fingerprint density at radius 3 is 2.39 bits per heavy atom. The molecule has 5 rings (SSSR count). The number of piperidine rings is 1.